The molecule has 0 bridgehead atoms. The van der Waals surface area contributed by atoms with Crippen molar-refractivity contribution in [1.29, 1.82) is 5.26 Å². The van der Waals surface area contributed by atoms with Crippen LogP contribution in [0.3, 0.4) is 0 Å². The van der Waals surface area contributed by atoms with Crippen LogP contribution in [0, 0.1) is 11.3 Å². The molecule has 8 nitrogen and oxygen atoms in total. The molecule has 12 heteroatoms. The Morgan fingerprint density at radius 3 is 2.47 bits per heavy atom. The normalized spacial score (nSPS) is 15.6. The summed E-state index contributed by atoms with van der Waals surface area (Å²) >= 11 is 1.26. The molecule has 1 aliphatic heterocycles. The van der Waals surface area contributed by atoms with Gasteiger partial charge in [-0.3, -0.25) is 9.48 Å². The van der Waals surface area contributed by atoms with Gasteiger partial charge in [-0.1, -0.05) is 60.7 Å². The van der Waals surface area contributed by atoms with Gasteiger partial charge in [-0.25, -0.2) is 4.79 Å². The second-order valence-corrected chi connectivity index (χ2v) is 13.2. The quantitative estimate of drug-likeness (QED) is 0.204. The van der Waals surface area contributed by atoms with E-state index in [4.69, 9.17) is 4.74 Å². The number of carbonyl (C=O) groups excluding carboxylic acids is 2. The molecule has 2 atom stereocenters. The van der Waals surface area contributed by atoms with Crippen LogP contribution in [0.1, 0.15) is 71.8 Å². The van der Waals surface area contributed by atoms with Crippen LogP contribution in [0.25, 0.3) is 11.1 Å². The van der Waals surface area contributed by atoms with Crippen LogP contribution in [0.4, 0.5) is 18.0 Å². The lowest BCUT2D eigenvalue weighted by molar-refractivity contribution is -0.141. The Labute approximate surface area is 275 Å². The van der Waals surface area contributed by atoms with Crippen LogP contribution in [0.15, 0.2) is 79.0 Å². The lowest BCUT2D eigenvalue weighted by atomic mass is 9.83. The van der Waals surface area contributed by atoms with Crippen molar-refractivity contribution in [3.8, 4) is 17.2 Å². The number of nitriles is 1. The minimum atomic E-state index is -4.67. The Morgan fingerprint density at radius 1 is 1.11 bits per heavy atom. The summed E-state index contributed by atoms with van der Waals surface area (Å²) in [5, 5.41) is 16.3. The van der Waals surface area contributed by atoms with E-state index in [2.05, 4.69) is 16.5 Å². The Kier molecular flexibility index (Phi) is 9.58. The Hall–Kier alpha value is -4.89. The number of rotatable bonds is 7. The number of nitrogens with zero attached hydrogens (tertiary/aromatic N) is 4. The minimum absolute atomic E-state index is 0.0468. The number of alkyl carbamates (subject to hydrolysis) is 1. The molecule has 3 heterocycles. The number of thiophene rings is 1. The first kappa shape index (κ1) is 33.5. The summed E-state index contributed by atoms with van der Waals surface area (Å²) in [6.45, 7) is 7.62. The first-order valence-electron chi connectivity index (χ1n) is 15.1. The average Bonchev–Trinajstić information content (AvgIpc) is 3.67. The zero-order valence-electron chi connectivity index (χ0n) is 26.3. The molecule has 0 saturated carbocycles. The zero-order valence-corrected chi connectivity index (χ0v) is 27.2. The fourth-order valence-corrected chi connectivity index (χ4v) is 6.60. The Bertz CT molecular complexity index is 1830. The van der Waals surface area contributed by atoms with Crippen molar-refractivity contribution in [2.24, 2.45) is 0 Å². The summed E-state index contributed by atoms with van der Waals surface area (Å²) in [5.41, 5.74) is 0.738. The smallest absolute Gasteiger partial charge is 0.435 e. The summed E-state index contributed by atoms with van der Waals surface area (Å²) in [4.78, 5) is 29.2. The van der Waals surface area contributed by atoms with Crippen molar-refractivity contribution in [1.82, 2.24) is 20.0 Å². The average molecular weight is 662 g/mol. The number of fused-ring (bicyclic) bond motifs is 1. The number of alkyl halides is 3. The number of amides is 2. The molecule has 47 heavy (non-hydrogen) atoms. The van der Waals surface area contributed by atoms with Crippen LogP contribution in [-0.2, 0) is 28.8 Å². The van der Waals surface area contributed by atoms with Crippen LogP contribution in [0.5, 0.6) is 0 Å². The van der Waals surface area contributed by atoms with E-state index < -0.39 is 35.5 Å². The summed E-state index contributed by atoms with van der Waals surface area (Å²) in [6.07, 6.45) is -0.951. The third-order valence-corrected chi connectivity index (χ3v) is 8.66. The molecule has 0 spiro atoms. The number of aromatic nitrogens is 2. The van der Waals surface area contributed by atoms with Crippen LogP contribution < -0.4 is 5.32 Å². The maximum atomic E-state index is 14.1. The first-order chi connectivity index (χ1) is 22.3. The van der Waals surface area contributed by atoms with Crippen LogP contribution >= 0.6 is 11.3 Å². The van der Waals surface area contributed by atoms with Crippen molar-refractivity contribution >= 4 is 23.3 Å². The molecule has 1 N–H and O–H groups in total. The molecule has 244 valence electrons. The topological polar surface area (TPSA) is 100 Å². The highest BCUT2D eigenvalue weighted by atomic mass is 32.1. The SMILES string of the molecule is CCn1cc(-c2ccccc2[C@@H]2CN(C(=O)/C=C/C(NC(=O)OC(C)(C)C)c3ccccc3)Cc3sc(C#N)cc32)c(C(F)(F)F)n1. The van der Waals surface area contributed by atoms with Gasteiger partial charge in [-0.2, -0.15) is 23.5 Å². The molecule has 4 aromatic rings. The lowest BCUT2D eigenvalue weighted by Crippen LogP contribution is -2.37. The number of carbonyl (C=O) groups is 2. The van der Waals surface area contributed by atoms with E-state index in [0.717, 1.165) is 16.0 Å². The van der Waals surface area contributed by atoms with Crippen LogP contribution in [0.2, 0.25) is 0 Å². The molecule has 0 fully saturated rings. The van der Waals surface area contributed by atoms with Gasteiger partial charge in [0.25, 0.3) is 0 Å². The molecular weight excluding hydrogens is 627 g/mol. The highest BCUT2D eigenvalue weighted by molar-refractivity contribution is 7.12. The largest absolute Gasteiger partial charge is 0.444 e. The number of benzene rings is 2. The molecule has 2 aromatic heterocycles. The van der Waals surface area contributed by atoms with Gasteiger partial charge < -0.3 is 15.0 Å². The standard InChI is InChI=1S/C35H34F3N5O3S/c1-5-43-20-28(32(41-43)35(36,37)38)25-14-10-9-13-24(25)27-19-42(21-30-26(27)17-23(18-39)47-30)31(44)16-15-29(22-11-7-6-8-12-22)40-33(45)46-34(2,3)4/h6-17,20,27,29H,5,19,21H2,1-4H3,(H,40,45)/b16-15+/t27-,29?/m0/s1. The first-order valence-corrected chi connectivity index (χ1v) is 15.9. The fourth-order valence-electron chi connectivity index (χ4n) is 5.56. The van der Waals surface area contributed by atoms with Gasteiger partial charge >= 0.3 is 12.3 Å². The van der Waals surface area contributed by atoms with Gasteiger partial charge in [0.05, 0.1) is 12.6 Å². The number of hydrogen-bond acceptors (Lipinski definition) is 6. The minimum Gasteiger partial charge on any atom is -0.444 e. The number of ether oxygens (including phenoxy) is 1. The molecular formula is C35H34F3N5O3S. The molecule has 0 radical (unpaired) electrons. The highest BCUT2D eigenvalue weighted by Crippen LogP contribution is 2.44. The van der Waals surface area contributed by atoms with E-state index in [1.165, 1.54) is 28.3 Å². The number of nitrogens with one attached hydrogen (secondary N) is 1. The van der Waals surface area contributed by atoms with Crippen molar-refractivity contribution in [3.63, 3.8) is 0 Å². The fraction of sp³-hybridized carbons (Fsp3) is 0.314. The predicted octanol–water partition coefficient (Wildman–Crippen LogP) is 7.82. The van der Waals surface area contributed by atoms with Gasteiger partial charge in [-0.05, 0) is 56.0 Å². The number of halogens is 3. The third kappa shape index (κ3) is 7.74. The van der Waals surface area contributed by atoms with Crippen molar-refractivity contribution in [2.45, 2.75) is 64.5 Å². The number of aryl methyl sites for hydroxylation is 1. The van der Waals surface area contributed by atoms with E-state index >= 15 is 0 Å². The number of hydrogen-bond donors (Lipinski definition) is 1. The second-order valence-electron chi connectivity index (χ2n) is 12.1. The van der Waals surface area contributed by atoms with Gasteiger partial charge in [0.15, 0.2) is 5.69 Å². The van der Waals surface area contributed by atoms with Gasteiger partial charge in [-0.15, -0.1) is 11.3 Å². The van der Waals surface area contributed by atoms with Crippen molar-refractivity contribution in [2.75, 3.05) is 6.54 Å². The molecule has 0 saturated heterocycles. The van der Waals surface area contributed by atoms with E-state index in [0.29, 0.717) is 16.0 Å². The monoisotopic (exact) mass is 661 g/mol. The maximum Gasteiger partial charge on any atom is 0.435 e. The van der Waals surface area contributed by atoms with Crippen LogP contribution in [-0.4, -0.2) is 38.8 Å². The van der Waals surface area contributed by atoms with Gasteiger partial charge in [0.2, 0.25) is 5.91 Å². The van der Waals surface area contributed by atoms with E-state index in [-0.39, 0.29) is 31.1 Å². The summed E-state index contributed by atoms with van der Waals surface area (Å²) in [6, 6.07) is 19.2. The Morgan fingerprint density at radius 2 is 1.81 bits per heavy atom. The summed E-state index contributed by atoms with van der Waals surface area (Å²) < 4.78 is 49.1. The molecule has 1 unspecified atom stereocenters. The van der Waals surface area contributed by atoms with E-state index in [1.807, 2.05) is 30.3 Å². The summed E-state index contributed by atoms with van der Waals surface area (Å²) in [7, 11) is 0. The Balaban J connectivity index is 1.50. The highest BCUT2D eigenvalue weighted by Gasteiger charge is 2.39. The van der Waals surface area contributed by atoms with Gasteiger partial charge in [0, 0.05) is 41.7 Å². The molecule has 0 aliphatic carbocycles. The molecule has 5 rings (SSSR count). The lowest BCUT2D eigenvalue weighted by Gasteiger charge is -2.33. The predicted molar refractivity (Wildman–Crippen MR) is 172 cm³/mol. The molecule has 2 aromatic carbocycles. The van der Waals surface area contributed by atoms with E-state index in [9.17, 15) is 28.0 Å². The second kappa shape index (κ2) is 13.5. The summed E-state index contributed by atoms with van der Waals surface area (Å²) in [5.74, 6) is -0.867. The third-order valence-electron chi connectivity index (χ3n) is 7.62. The maximum absolute atomic E-state index is 14.1. The van der Waals surface area contributed by atoms with Gasteiger partial charge in [0.1, 0.15) is 16.5 Å². The molecule has 1 aliphatic rings. The van der Waals surface area contributed by atoms with Crippen molar-refractivity contribution in [3.05, 3.63) is 111 Å². The molecule has 2 amide bonds. The van der Waals surface area contributed by atoms with Crippen molar-refractivity contribution < 1.29 is 27.5 Å². The zero-order chi connectivity index (χ0) is 33.9. The van der Waals surface area contributed by atoms with E-state index in [1.54, 1.807) is 69.0 Å².